The number of halogens is 1. The molecule has 0 aliphatic heterocycles. The van der Waals surface area contributed by atoms with E-state index in [4.69, 9.17) is 5.11 Å². The van der Waals surface area contributed by atoms with E-state index in [0.717, 1.165) is 22.9 Å². The van der Waals surface area contributed by atoms with Crippen LogP contribution in [-0.2, 0) is 17.8 Å². The van der Waals surface area contributed by atoms with Gasteiger partial charge in [0, 0.05) is 6.54 Å². The Bertz CT molecular complexity index is 617. The second-order valence-corrected chi connectivity index (χ2v) is 5.13. The first-order valence-corrected chi connectivity index (χ1v) is 6.90. The van der Waals surface area contributed by atoms with Crippen molar-refractivity contribution < 1.29 is 14.3 Å². The third-order valence-corrected chi connectivity index (χ3v) is 3.66. The van der Waals surface area contributed by atoms with Crippen LogP contribution in [0.4, 0.5) is 4.39 Å². The normalized spacial score (nSPS) is 10.7. The highest BCUT2D eigenvalue weighted by Crippen LogP contribution is 2.15. The maximum Gasteiger partial charge on any atom is 0.313 e. The highest BCUT2D eigenvalue weighted by Gasteiger charge is 2.09. The zero-order valence-electron chi connectivity index (χ0n) is 10.8. The van der Waals surface area contributed by atoms with Crippen LogP contribution in [0.15, 0.2) is 23.4 Å². The summed E-state index contributed by atoms with van der Waals surface area (Å²) in [5.74, 6) is -1.26. The summed E-state index contributed by atoms with van der Waals surface area (Å²) >= 11 is 1.07. The van der Waals surface area contributed by atoms with Gasteiger partial charge in [-0.3, -0.25) is 4.79 Å². The quantitative estimate of drug-likeness (QED) is 0.814. The summed E-state index contributed by atoms with van der Waals surface area (Å²) in [7, 11) is 0. The van der Waals surface area contributed by atoms with Crippen molar-refractivity contribution in [3.8, 4) is 0 Å². The molecule has 0 atom stereocenters. The van der Waals surface area contributed by atoms with Gasteiger partial charge in [0.25, 0.3) is 0 Å². The molecule has 20 heavy (non-hydrogen) atoms. The third-order valence-electron chi connectivity index (χ3n) is 2.72. The summed E-state index contributed by atoms with van der Waals surface area (Å²) in [4.78, 5) is 10.5. The van der Waals surface area contributed by atoms with E-state index in [1.807, 2.05) is 6.92 Å². The van der Waals surface area contributed by atoms with E-state index in [2.05, 4.69) is 15.5 Å². The van der Waals surface area contributed by atoms with Gasteiger partial charge >= 0.3 is 5.97 Å². The predicted octanol–water partition coefficient (Wildman–Crippen LogP) is 1.54. The predicted molar refractivity (Wildman–Crippen MR) is 71.0 cm³/mol. The molecule has 0 aliphatic carbocycles. The molecule has 0 unspecified atom stereocenters. The van der Waals surface area contributed by atoms with Crippen molar-refractivity contribution >= 4 is 17.7 Å². The van der Waals surface area contributed by atoms with Crippen LogP contribution in [0.25, 0.3) is 0 Å². The van der Waals surface area contributed by atoms with E-state index in [1.54, 1.807) is 10.7 Å². The molecule has 0 bridgehead atoms. The third kappa shape index (κ3) is 3.77. The van der Waals surface area contributed by atoms with E-state index in [9.17, 15) is 9.18 Å². The lowest BCUT2D eigenvalue weighted by Gasteiger charge is -2.06. The highest BCUT2D eigenvalue weighted by atomic mass is 32.2. The topological polar surface area (TPSA) is 80.9 Å². The molecule has 8 heteroatoms. The lowest BCUT2D eigenvalue weighted by Crippen LogP contribution is -2.07. The van der Waals surface area contributed by atoms with Gasteiger partial charge in [-0.25, -0.2) is 9.07 Å². The average molecular weight is 296 g/mol. The molecule has 1 aromatic carbocycles. The number of tetrazole rings is 1. The summed E-state index contributed by atoms with van der Waals surface area (Å²) < 4.78 is 14.6. The van der Waals surface area contributed by atoms with Gasteiger partial charge in [-0.15, -0.1) is 5.10 Å². The van der Waals surface area contributed by atoms with Crippen LogP contribution in [-0.4, -0.2) is 37.0 Å². The van der Waals surface area contributed by atoms with Crippen LogP contribution in [0, 0.1) is 12.7 Å². The molecular weight excluding hydrogens is 283 g/mol. The summed E-state index contributed by atoms with van der Waals surface area (Å²) in [6.07, 6.45) is 0.651. The zero-order valence-corrected chi connectivity index (χ0v) is 11.6. The number of aromatic nitrogens is 4. The molecule has 6 nitrogen and oxygen atoms in total. The zero-order chi connectivity index (χ0) is 14.5. The second-order valence-electron chi connectivity index (χ2n) is 4.19. The van der Waals surface area contributed by atoms with Crippen LogP contribution >= 0.6 is 11.8 Å². The smallest absolute Gasteiger partial charge is 0.313 e. The Morgan fingerprint density at radius 1 is 1.50 bits per heavy atom. The number of carboxylic acids is 1. The Hall–Kier alpha value is -1.96. The summed E-state index contributed by atoms with van der Waals surface area (Å²) in [6, 6.07) is 4.64. The van der Waals surface area contributed by atoms with Crippen LogP contribution in [0.5, 0.6) is 0 Å². The van der Waals surface area contributed by atoms with Crippen LogP contribution in [0.2, 0.25) is 0 Å². The fraction of sp³-hybridized carbons (Fsp3) is 0.333. The minimum atomic E-state index is -0.918. The largest absolute Gasteiger partial charge is 0.481 e. The molecule has 1 heterocycles. The van der Waals surface area contributed by atoms with Gasteiger partial charge in [-0.1, -0.05) is 17.8 Å². The van der Waals surface area contributed by atoms with Gasteiger partial charge in [-0.2, -0.15) is 0 Å². The van der Waals surface area contributed by atoms with Gasteiger partial charge < -0.3 is 5.11 Å². The number of nitrogens with zero attached hydrogens (tertiary/aromatic N) is 4. The van der Waals surface area contributed by atoms with Crippen molar-refractivity contribution in [2.75, 3.05) is 5.75 Å². The minimum absolute atomic E-state index is 0.0874. The Labute approximate surface area is 119 Å². The number of hydrogen-bond acceptors (Lipinski definition) is 5. The number of thioether (sulfide) groups is 1. The number of aliphatic carboxylic acids is 1. The van der Waals surface area contributed by atoms with E-state index >= 15 is 0 Å². The van der Waals surface area contributed by atoms with Crippen molar-refractivity contribution in [1.82, 2.24) is 20.2 Å². The molecule has 0 radical (unpaired) electrons. The van der Waals surface area contributed by atoms with Crippen molar-refractivity contribution in [2.24, 2.45) is 0 Å². The minimum Gasteiger partial charge on any atom is -0.481 e. The van der Waals surface area contributed by atoms with E-state index in [0.29, 0.717) is 18.1 Å². The molecular formula is C12H13FN4O2S. The lowest BCUT2D eigenvalue weighted by molar-refractivity contribution is -0.133. The van der Waals surface area contributed by atoms with Crippen molar-refractivity contribution in [2.45, 2.75) is 25.0 Å². The molecule has 2 rings (SSSR count). The van der Waals surface area contributed by atoms with Gasteiger partial charge in [0.15, 0.2) is 0 Å². The number of benzene rings is 1. The molecule has 0 saturated carbocycles. The summed E-state index contributed by atoms with van der Waals surface area (Å²) in [6.45, 7) is 2.36. The SMILES string of the molecule is Cc1cc(F)ccc1CCn1nnnc1SCC(=O)O. The van der Waals surface area contributed by atoms with Crippen LogP contribution in [0.1, 0.15) is 11.1 Å². The average Bonchev–Trinajstić information content (AvgIpc) is 2.83. The van der Waals surface area contributed by atoms with Crippen LogP contribution in [0.3, 0.4) is 0 Å². The van der Waals surface area contributed by atoms with Gasteiger partial charge in [0.05, 0.1) is 5.75 Å². The Morgan fingerprint density at radius 3 is 3.00 bits per heavy atom. The molecule has 0 spiro atoms. The summed E-state index contributed by atoms with van der Waals surface area (Å²) in [5, 5.41) is 20.2. The molecule has 0 fully saturated rings. The number of rotatable bonds is 6. The maximum absolute atomic E-state index is 13.0. The van der Waals surface area contributed by atoms with Crippen molar-refractivity contribution in [1.29, 1.82) is 0 Å². The molecule has 0 amide bonds. The lowest BCUT2D eigenvalue weighted by atomic mass is 10.1. The number of carboxylic acid groups (broad SMARTS) is 1. The molecule has 1 aromatic heterocycles. The fourth-order valence-electron chi connectivity index (χ4n) is 1.73. The standard InChI is InChI=1S/C12H13FN4O2S/c1-8-6-10(13)3-2-9(8)4-5-17-12(14-15-16-17)20-7-11(18)19/h2-3,6H,4-5,7H2,1H3,(H,18,19). The molecule has 1 N–H and O–H groups in total. The Balaban J connectivity index is 2.00. The van der Waals surface area contributed by atoms with Gasteiger partial charge in [0.2, 0.25) is 5.16 Å². The van der Waals surface area contributed by atoms with Crippen LogP contribution < -0.4 is 0 Å². The van der Waals surface area contributed by atoms with Crippen molar-refractivity contribution in [3.05, 3.63) is 35.1 Å². The second kappa shape index (κ2) is 6.47. The van der Waals surface area contributed by atoms with E-state index in [-0.39, 0.29) is 11.6 Å². The Morgan fingerprint density at radius 2 is 2.30 bits per heavy atom. The number of aryl methyl sites for hydroxylation is 3. The maximum atomic E-state index is 13.0. The highest BCUT2D eigenvalue weighted by molar-refractivity contribution is 7.99. The molecule has 0 saturated heterocycles. The summed E-state index contributed by atoms with van der Waals surface area (Å²) in [5.41, 5.74) is 1.88. The Kier molecular flexibility index (Phi) is 4.67. The number of hydrogen-bond donors (Lipinski definition) is 1. The van der Waals surface area contributed by atoms with Gasteiger partial charge in [0.1, 0.15) is 5.82 Å². The first-order valence-electron chi connectivity index (χ1n) is 5.92. The van der Waals surface area contributed by atoms with E-state index in [1.165, 1.54) is 12.1 Å². The first kappa shape index (κ1) is 14.4. The number of carbonyl (C=O) groups is 1. The first-order chi connectivity index (χ1) is 9.56. The van der Waals surface area contributed by atoms with Crippen molar-refractivity contribution in [3.63, 3.8) is 0 Å². The van der Waals surface area contributed by atoms with Gasteiger partial charge in [-0.05, 0) is 47.0 Å². The molecule has 0 aliphatic rings. The van der Waals surface area contributed by atoms with E-state index < -0.39 is 5.97 Å². The fourth-order valence-corrected chi connectivity index (χ4v) is 2.36. The molecule has 2 aromatic rings. The monoisotopic (exact) mass is 296 g/mol. The molecule has 106 valence electrons.